The second kappa shape index (κ2) is 13.3. The molecule has 0 aliphatic carbocycles. The first-order chi connectivity index (χ1) is 17.0. The Kier molecular flexibility index (Phi) is 10.1. The van der Waals surface area contributed by atoms with E-state index < -0.39 is 0 Å². The molecule has 0 spiro atoms. The van der Waals surface area contributed by atoms with Crippen LogP contribution in [0.15, 0.2) is 29.1 Å². The van der Waals surface area contributed by atoms with E-state index in [0.717, 1.165) is 51.7 Å². The van der Waals surface area contributed by atoms with Crippen LogP contribution in [0, 0.1) is 6.92 Å². The van der Waals surface area contributed by atoms with Gasteiger partial charge in [0.2, 0.25) is 6.41 Å². The highest BCUT2D eigenvalue weighted by Gasteiger charge is 2.32. The van der Waals surface area contributed by atoms with E-state index in [0.29, 0.717) is 43.0 Å². The van der Waals surface area contributed by atoms with Crippen molar-refractivity contribution in [2.24, 2.45) is 0 Å². The zero-order chi connectivity index (χ0) is 25.2. The minimum atomic E-state index is -0.193. The van der Waals surface area contributed by atoms with Crippen molar-refractivity contribution in [3.05, 3.63) is 51.4 Å². The number of anilines is 2. The Labute approximate surface area is 208 Å². The van der Waals surface area contributed by atoms with Crippen molar-refractivity contribution in [1.82, 2.24) is 25.5 Å². The lowest BCUT2D eigenvalue weighted by molar-refractivity contribution is -0.109. The van der Waals surface area contributed by atoms with Crippen LogP contribution in [-0.4, -0.2) is 66.1 Å². The molecular weight excluding hydrogens is 442 g/mol. The first kappa shape index (κ1) is 26.7. The van der Waals surface area contributed by atoms with Gasteiger partial charge in [-0.05, 0) is 44.7 Å². The summed E-state index contributed by atoms with van der Waals surface area (Å²) in [5, 5.41) is 6.01. The highest BCUT2D eigenvalue weighted by molar-refractivity contribution is 5.46. The number of nitrogen functional groups attached to an aromatic ring is 1. The molecule has 0 bridgehead atoms. The van der Waals surface area contributed by atoms with Gasteiger partial charge >= 0.3 is 0 Å². The number of carbonyl (C=O) groups excluding carboxylic acids is 1. The Morgan fingerprint density at radius 2 is 2.00 bits per heavy atom. The molecule has 9 heteroatoms. The van der Waals surface area contributed by atoms with Crippen LogP contribution in [-0.2, 0) is 17.8 Å². The predicted molar refractivity (Wildman–Crippen MR) is 142 cm³/mol. The number of piperazine rings is 1. The number of rotatable bonds is 13. The van der Waals surface area contributed by atoms with E-state index in [4.69, 9.17) is 5.73 Å². The van der Waals surface area contributed by atoms with E-state index in [1.165, 1.54) is 11.1 Å². The summed E-state index contributed by atoms with van der Waals surface area (Å²) in [6.07, 6.45) is 4.64. The summed E-state index contributed by atoms with van der Waals surface area (Å²) in [5.74, 6) is 0.770. The maximum absolute atomic E-state index is 12.8. The number of amides is 1. The minimum Gasteiger partial charge on any atom is -0.382 e. The molecule has 35 heavy (non-hydrogen) atoms. The third kappa shape index (κ3) is 7.29. The van der Waals surface area contributed by atoms with Gasteiger partial charge in [0.25, 0.3) is 5.56 Å². The summed E-state index contributed by atoms with van der Waals surface area (Å²) in [4.78, 5) is 35.7. The van der Waals surface area contributed by atoms with Crippen molar-refractivity contribution in [1.29, 1.82) is 0 Å². The summed E-state index contributed by atoms with van der Waals surface area (Å²) in [6.45, 7) is 10.5. The second-order valence-corrected chi connectivity index (χ2v) is 9.32. The lowest BCUT2D eigenvalue weighted by Gasteiger charge is -2.45. The molecule has 0 saturated carbocycles. The van der Waals surface area contributed by atoms with Gasteiger partial charge in [-0.3, -0.25) is 14.5 Å². The number of nitrogens with two attached hydrogens (primary N) is 1. The summed E-state index contributed by atoms with van der Waals surface area (Å²) in [6, 6.07) is 9.35. The molecule has 1 aliphatic heterocycles. The van der Waals surface area contributed by atoms with Gasteiger partial charge in [-0.25, -0.2) is 4.98 Å². The first-order valence-electron chi connectivity index (χ1n) is 12.8. The maximum atomic E-state index is 12.8. The largest absolute Gasteiger partial charge is 0.382 e. The van der Waals surface area contributed by atoms with Gasteiger partial charge < -0.3 is 26.3 Å². The summed E-state index contributed by atoms with van der Waals surface area (Å²) >= 11 is 0. The minimum absolute atomic E-state index is 0.193. The van der Waals surface area contributed by atoms with Crippen LogP contribution in [0.4, 0.5) is 11.6 Å². The predicted octanol–water partition coefficient (Wildman–Crippen LogP) is 1.81. The Bertz CT molecular complexity index is 992. The van der Waals surface area contributed by atoms with Crippen LogP contribution in [0.5, 0.6) is 0 Å². The van der Waals surface area contributed by atoms with E-state index in [1.54, 1.807) is 0 Å². The van der Waals surface area contributed by atoms with Crippen LogP contribution in [0.2, 0.25) is 0 Å². The number of aromatic nitrogens is 2. The molecule has 2 heterocycles. The van der Waals surface area contributed by atoms with Crippen LogP contribution in [0.3, 0.4) is 0 Å². The van der Waals surface area contributed by atoms with E-state index >= 15 is 0 Å². The van der Waals surface area contributed by atoms with Gasteiger partial charge in [-0.2, -0.15) is 0 Å². The molecule has 3 rings (SSSR count). The van der Waals surface area contributed by atoms with Gasteiger partial charge in [0.1, 0.15) is 5.82 Å². The van der Waals surface area contributed by atoms with Crippen molar-refractivity contribution in [2.75, 3.05) is 43.4 Å². The third-order valence-electron chi connectivity index (χ3n) is 6.91. The van der Waals surface area contributed by atoms with E-state index in [9.17, 15) is 9.59 Å². The van der Waals surface area contributed by atoms with Crippen molar-refractivity contribution < 1.29 is 4.79 Å². The number of aryl methyl sites for hydroxylation is 2. The summed E-state index contributed by atoms with van der Waals surface area (Å²) in [5.41, 5.74) is 9.19. The summed E-state index contributed by atoms with van der Waals surface area (Å²) in [7, 11) is 0. The van der Waals surface area contributed by atoms with Crippen LogP contribution < -0.4 is 26.8 Å². The maximum Gasteiger partial charge on any atom is 0.291 e. The number of hydrogen-bond acceptors (Lipinski definition) is 7. The molecule has 5 N–H and O–H groups in total. The SMILES string of the molecule is CCNCc1[nH]c(=O)c(N2CCN(C(CCNC=O)CCc3ccc(C)cc3)C(CC)C2)nc1N. The topological polar surface area (TPSA) is 119 Å². The molecule has 1 aliphatic rings. The standard InChI is InChI=1S/C26H41N7O2/c1-4-21-17-32(25-26(35)30-23(16-28-5-2)24(27)31-25)14-15-33(21)22(12-13-29-18-34)11-10-20-8-6-19(3)7-9-20/h6-9,18,21-22,28H,4-5,10-17H2,1-3H3,(H2,27,31)(H,29,34)(H,30,35). The normalized spacial score (nSPS) is 17.3. The highest BCUT2D eigenvalue weighted by Crippen LogP contribution is 2.23. The average Bonchev–Trinajstić information content (AvgIpc) is 2.87. The zero-order valence-electron chi connectivity index (χ0n) is 21.3. The van der Waals surface area contributed by atoms with Gasteiger partial charge in [-0.1, -0.05) is 43.7 Å². The lowest BCUT2D eigenvalue weighted by atomic mass is 9.97. The fourth-order valence-electron chi connectivity index (χ4n) is 4.87. The van der Waals surface area contributed by atoms with Gasteiger partial charge in [0.15, 0.2) is 5.82 Å². The van der Waals surface area contributed by atoms with Crippen molar-refractivity contribution in [2.45, 2.75) is 65.1 Å². The number of aromatic amines is 1. The van der Waals surface area contributed by atoms with Gasteiger partial charge in [0, 0.05) is 44.8 Å². The Morgan fingerprint density at radius 1 is 1.23 bits per heavy atom. The van der Waals surface area contributed by atoms with E-state index in [1.807, 2.05) is 6.92 Å². The lowest BCUT2D eigenvalue weighted by Crippen LogP contribution is -2.57. The quantitative estimate of drug-likeness (QED) is 0.253. The number of benzene rings is 1. The number of hydrogen-bond donors (Lipinski definition) is 4. The number of carbonyl (C=O) groups is 1. The van der Waals surface area contributed by atoms with Gasteiger partial charge in [0.05, 0.1) is 5.69 Å². The van der Waals surface area contributed by atoms with Crippen molar-refractivity contribution in [3.8, 4) is 0 Å². The Balaban J connectivity index is 1.72. The molecule has 1 amide bonds. The van der Waals surface area contributed by atoms with Crippen LogP contribution in [0.1, 0.15) is 49.9 Å². The van der Waals surface area contributed by atoms with Crippen LogP contribution in [0.25, 0.3) is 0 Å². The number of nitrogens with one attached hydrogen (secondary N) is 3. The molecule has 9 nitrogen and oxygen atoms in total. The molecular formula is C26H41N7O2. The third-order valence-corrected chi connectivity index (χ3v) is 6.91. The fourth-order valence-corrected chi connectivity index (χ4v) is 4.87. The molecule has 192 valence electrons. The molecule has 0 radical (unpaired) electrons. The molecule has 2 unspecified atom stereocenters. The monoisotopic (exact) mass is 483 g/mol. The zero-order valence-corrected chi connectivity index (χ0v) is 21.3. The fraction of sp³-hybridized carbons (Fsp3) is 0.577. The number of nitrogens with zero attached hydrogens (tertiary/aromatic N) is 3. The first-order valence-corrected chi connectivity index (χ1v) is 12.8. The highest BCUT2D eigenvalue weighted by atomic mass is 16.1. The molecule has 2 aromatic rings. The number of H-pyrrole nitrogens is 1. The average molecular weight is 484 g/mol. The summed E-state index contributed by atoms with van der Waals surface area (Å²) < 4.78 is 0. The van der Waals surface area contributed by atoms with E-state index in [-0.39, 0.29) is 11.6 Å². The second-order valence-electron chi connectivity index (χ2n) is 9.32. The Morgan fingerprint density at radius 3 is 2.69 bits per heavy atom. The van der Waals surface area contributed by atoms with Gasteiger partial charge in [-0.15, -0.1) is 0 Å². The molecule has 2 atom stereocenters. The molecule has 1 aromatic carbocycles. The van der Waals surface area contributed by atoms with Crippen molar-refractivity contribution >= 4 is 18.0 Å². The Hall–Kier alpha value is -2.91. The molecule has 1 saturated heterocycles. The van der Waals surface area contributed by atoms with E-state index in [2.05, 4.69) is 68.5 Å². The molecule has 1 fully saturated rings. The molecule has 1 aromatic heterocycles. The van der Waals surface area contributed by atoms with Crippen LogP contribution >= 0.6 is 0 Å². The smallest absolute Gasteiger partial charge is 0.291 e. The van der Waals surface area contributed by atoms with Crippen molar-refractivity contribution in [3.63, 3.8) is 0 Å².